The maximum Gasteiger partial charge on any atom is 0.332 e. The molecule has 2 unspecified atom stereocenters. The zero-order valence-electron chi connectivity index (χ0n) is 10.1. The van der Waals surface area contributed by atoms with Gasteiger partial charge in [0.25, 0.3) is 0 Å². The van der Waals surface area contributed by atoms with Crippen molar-refractivity contribution in [1.82, 2.24) is 10.2 Å². The Hall–Kier alpha value is -0.650. The van der Waals surface area contributed by atoms with Crippen LogP contribution >= 0.6 is 0 Å². The highest BCUT2D eigenvalue weighted by atomic mass is 16.5. The fraction of sp³-hybridized carbons (Fsp3) is 0.909. The van der Waals surface area contributed by atoms with Gasteiger partial charge in [0.2, 0.25) is 0 Å². The van der Waals surface area contributed by atoms with Crippen LogP contribution in [0.2, 0.25) is 0 Å². The zero-order valence-corrected chi connectivity index (χ0v) is 10.1. The molecule has 0 aromatic heterocycles. The van der Waals surface area contributed by atoms with Gasteiger partial charge in [0, 0.05) is 19.6 Å². The summed E-state index contributed by atoms with van der Waals surface area (Å²) in [6.07, 6.45) is 0.947. The quantitative estimate of drug-likeness (QED) is 0.610. The molecule has 2 N–H and O–H groups in total. The van der Waals surface area contributed by atoms with E-state index in [1.807, 2.05) is 0 Å². The number of nitrogens with zero attached hydrogens (tertiary/aromatic N) is 1. The molecule has 1 aliphatic heterocycles. The van der Waals surface area contributed by atoms with Crippen LogP contribution in [0, 0.1) is 0 Å². The average Bonchev–Trinajstić information content (AvgIpc) is 2.72. The van der Waals surface area contributed by atoms with Crippen molar-refractivity contribution in [3.63, 3.8) is 0 Å². The molecule has 0 bridgehead atoms. The Kier molecular flexibility index (Phi) is 5.73. The minimum atomic E-state index is -0.840. The predicted molar refractivity (Wildman–Crippen MR) is 61.6 cm³/mol. The van der Waals surface area contributed by atoms with Gasteiger partial charge in [-0.15, -0.1) is 0 Å². The smallest absolute Gasteiger partial charge is 0.332 e. The molecule has 16 heavy (non-hydrogen) atoms. The zero-order chi connectivity index (χ0) is 12.0. The average molecular weight is 230 g/mol. The van der Waals surface area contributed by atoms with Crippen molar-refractivity contribution in [3.05, 3.63) is 0 Å². The molecule has 0 amide bonds. The second-order valence-electron chi connectivity index (χ2n) is 4.26. The van der Waals surface area contributed by atoms with E-state index in [1.165, 1.54) is 0 Å². The number of aliphatic carboxylic acids is 1. The Labute approximate surface area is 96.8 Å². The lowest BCUT2D eigenvalue weighted by Crippen LogP contribution is -2.34. The van der Waals surface area contributed by atoms with E-state index in [-0.39, 0.29) is 6.10 Å². The number of nitrogens with one attached hydrogen (secondary N) is 1. The summed E-state index contributed by atoms with van der Waals surface area (Å²) in [5.74, 6) is -0.840. The molecular weight excluding hydrogens is 208 g/mol. The lowest BCUT2D eigenvalue weighted by molar-refractivity contribution is -0.149. The van der Waals surface area contributed by atoms with Gasteiger partial charge in [-0.05, 0) is 26.4 Å². The highest BCUT2D eigenvalue weighted by Crippen LogP contribution is 2.18. The first-order chi connectivity index (χ1) is 7.63. The first-order valence-electron chi connectivity index (χ1n) is 5.91. The van der Waals surface area contributed by atoms with Crippen LogP contribution in [0.5, 0.6) is 0 Å². The molecule has 1 heterocycles. The maximum absolute atomic E-state index is 10.7. The summed E-state index contributed by atoms with van der Waals surface area (Å²) in [5.41, 5.74) is 0. The Balaban J connectivity index is 2.05. The molecule has 0 aromatic carbocycles. The van der Waals surface area contributed by atoms with Crippen molar-refractivity contribution in [2.75, 3.05) is 33.2 Å². The molecule has 0 aliphatic carbocycles. The third kappa shape index (κ3) is 4.47. The van der Waals surface area contributed by atoms with E-state index in [0.29, 0.717) is 6.42 Å². The van der Waals surface area contributed by atoms with Gasteiger partial charge in [0.15, 0.2) is 6.10 Å². The lowest BCUT2D eigenvalue weighted by Gasteiger charge is -2.16. The van der Waals surface area contributed by atoms with Crippen LogP contribution in [0.15, 0.2) is 0 Å². The number of rotatable bonds is 7. The molecule has 1 fully saturated rings. The molecule has 1 aliphatic rings. The van der Waals surface area contributed by atoms with Crippen molar-refractivity contribution in [2.45, 2.75) is 32.0 Å². The van der Waals surface area contributed by atoms with E-state index in [4.69, 9.17) is 9.84 Å². The molecule has 0 aromatic rings. The second-order valence-corrected chi connectivity index (χ2v) is 4.26. The SMILES string of the molecule is CCN(C)CCNCC1CCC(C(=O)O)O1. The van der Waals surface area contributed by atoms with E-state index in [9.17, 15) is 4.79 Å². The van der Waals surface area contributed by atoms with Gasteiger partial charge < -0.3 is 20.1 Å². The number of hydrogen-bond acceptors (Lipinski definition) is 4. The van der Waals surface area contributed by atoms with Crippen LogP contribution in [0.25, 0.3) is 0 Å². The van der Waals surface area contributed by atoms with Gasteiger partial charge in [-0.3, -0.25) is 0 Å². The summed E-state index contributed by atoms with van der Waals surface area (Å²) in [7, 11) is 2.08. The summed E-state index contributed by atoms with van der Waals surface area (Å²) in [6, 6.07) is 0. The third-order valence-electron chi connectivity index (χ3n) is 2.97. The number of carbonyl (C=O) groups is 1. The van der Waals surface area contributed by atoms with Crippen LogP contribution in [-0.4, -0.2) is 61.4 Å². The number of likely N-dealkylation sites (N-methyl/N-ethyl adjacent to an activating group) is 1. The lowest BCUT2D eigenvalue weighted by atomic mass is 10.2. The fourth-order valence-corrected chi connectivity index (χ4v) is 1.73. The van der Waals surface area contributed by atoms with E-state index in [0.717, 1.165) is 32.6 Å². The first kappa shape index (κ1) is 13.4. The topological polar surface area (TPSA) is 61.8 Å². The van der Waals surface area contributed by atoms with Crippen LogP contribution < -0.4 is 5.32 Å². The minimum Gasteiger partial charge on any atom is -0.479 e. The number of ether oxygens (including phenoxy) is 1. The van der Waals surface area contributed by atoms with Gasteiger partial charge in [-0.25, -0.2) is 4.79 Å². The van der Waals surface area contributed by atoms with E-state index >= 15 is 0 Å². The molecule has 5 heteroatoms. The first-order valence-corrected chi connectivity index (χ1v) is 5.91. The molecule has 0 saturated carbocycles. The van der Waals surface area contributed by atoms with E-state index in [1.54, 1.807) is 0 Å². The van der Waals surface area contributed by atoms with Crippen molar-refractivity contribution in [1.29, 1.82) is 0 Å². The number of carboxylic acid groups (broad SMARTS) is 1. The largest absolute Gasteiger partial charge is 0.479 e. The number of carboxylic acids is 1. The molecule has 5 nitrogen and oxygen atoms in total. The van der Waals surface area contributed by atoms with Crippen LogP contribution in [0.3, 0.4) is 0 Å². The molecular formula is C11H22N2O3. The van der Waals surface area contributed by atoms with Gasteiger partial charge in [0.1, 0.15) is 0 Å². The predicted octanol–water partition coefficient (Wildman–Crippen LogP) is 0.160. The van der Waals surface area contributed by atoms with E-state index < -0.39 is 12.1 Å². The van der Waals surface area contributed by atoms with Crippen molar-refractivity contribution in [3.8, 4) is 0 Å². The minimum absolute atomic E-state index is 0.0630. The molecule has 1 saturated heterocycles. The second kappa shape index (κ2) is 6.83. The van der Waals surface area contributed by atoms with Gasteiger partial charge in [-0.2, -0.15) is 0 Å². The highest BCUT2D eigenvalue weighted by molar-refractivity contribution is 5.72. The van der Waals surface area contributed by atoms with Crippen LogP contribution in [0.1, 0.15) is 19.8 Å². The summed E-state index contributed by atoms with van der Waals surface area (Å²) < 4.78 is 5.38. The Bertz CT molecular complexity index is 223. The maximum atomic E-state index is 10.7. The molecule has 0 radical (unpaired) electrons. The molecule has 1 rings (SSSR count). The van der Waals surface area contributed by atoms with Gasteiger partial charge in [-0.1, -0.05) is 6.92 Å². The standard InChI is InChI=1S/C11H22N2O3/c1-3-13(2)7-6-12-8-9-4-5-10(16-9)11(14)15/h9-10,12H,3-8H2,1-2H3,(H,14,15). The summed E-state index contributed by atoms with van der Waals surface area (Å²) >= 11 is 0. The Morgan fingerprint density at radius 3 is 2.88 bits per heavy atom. The van der Waals surface area contributed by atoms with E-state index in [2.05, 4.69) is 24.2 Å². The van der Waals surface area contributed by atoms with Crippen molar-refractivity contribution < 1.29 is 14.6 Å². The van der Waals surface area contributed by atoms with Gasteiger partial charge >= 0.3 is 5.97 Å². The monoisotopic (exact) mass is 230 g/mol. The Morgan fingerprint density at radius 2 is 2.31 bits per heavy atom. The molecule has 94 valence electrons. The van der Waals surface area contributed by atoms with Crippen LogP contribution in [0.4, 0.5) is 0 Å². The summed E-state index contributed by atoms with van der Waals surface area (Å²) in [6.45, 7) is 5.84. The van der Waals surface area contributed by atoms with Crippen molar-refractivity contribution >= 4 is 5.97 Å². The van der Waals surface area contributed by atoms with Crippen molar-refractivity contribution in [2.24, 2.45) is 0 Å². The summed E-state index contributed by atoms with van der Waals surface area (Å²) in [4.78, 5) is 12.9. The third-order valence-corrected chi connectivity index (χ3v) is 2.97. The molecule has 0 spiro atoms. The fourth-order valence-electron chi connectivity index (χ4n) is 1.73. The highest BCUT2D eigenvalue weighted by Gasteiger charge is 2.29. The number of hydrogen-bond donors (Lipinski definition) is 2. The normalized spacial score (nSPS) is 25.2. The van der Waals surface area contributed by atoms with Gasteiger partial charge in [0.05, 0.1) is 6.10 Å². The van der Waals surface area contributed by atoms with Crippen LogP contribution in [-0.2, 0) is 9.53 Å². The Morgan fingerprint density at radius 1 is 1.56 bits per heavy atom. The molecule has 2 atom stereocenters. The summed E-state index contributed by atoms with van der Waals surface area (Å²) in [5, 5.41) is 12.0.